The molecule has 0 radical (unpaired) electrons. The molecule has 0 spiro atoms. The number of amides is 2. The molecule has 1 atom stereocenters. The van der Waals surface area contributed by atoms with Crippen molar-refractivity contribution < 1.29 is 9.59 Å². The predicted octanol–water partition coefficient (Wildman–Crippen LogP) is 1.80. The molecular formula is C16H18ClN5O2. The van der Waals surface area contributed by atoms with Gasteiger partial charge in [-0.3, -0.25) is 9.59 Å². The Kier molecular flexibility index (Phi) is 4.53. The molecule has 1 N–H and O–H groups in total. The lowest BCUT2D eigenvalue weighted by Crippen LogP contribution is -2.41. The number of carbonyl (C=O) groups is 2. The van der Waals surface area contributed by atoms with E-state index in [9.17, 15) is 9.59 Å². The number of aryl methyl sites for hydroxylation is 2. The van der Waals surface area contributed by atoms with Crippen molar-refractivity contribution in [2.24, 2.45) is 0 Å². The zero-order valence-electron chi connectivity index (χ0n) is 13.5. The third-order valence-corrected chi connectivity index (χ3v) is 4.22. The van der Waals surface area contributed by atoms with Crippen LogP contribution >= 0.6 is 11.6 Å². The van der Waals surface area contributed by atoms with Gasteiger partial charge in [0.25, 0.3) is 5.91 Å². The second-order valence-electron chi connectivity index (χ2n) is 5.60. The molecule has 126 valence electrons. The number of halogens is 1. The lowest BCUT2D eigenvalue weighted by Gasteiger charge is -2.17. The highest BCUT2D eigenvalue weighted by Crippen LogP contribution is 2.23. The van der Waals surface area contributed by atoms with E-state index in [1.165, 1.54) is 4.80 Å². The maximum atomic E-state index is 12.5. The van der Waals surface area contributed by atoms with Gasteiger partial charge in [0.15, 0.2) is 5.69 Å². The zero-order valence-corrected chi connectivity index (χ0v) is 14.2. The SMILES string of the molecule is CCn1nc(C)c(C(=O)NC2CCN(c3ccc(Cl)cc3)C2=O)n1. The summed E-state index contributed by atoms with van der Waals surface area (Å²) in [7, 11) is 0. The molecule has 2 heterocycles. The van der Waals surface area contributed by atoms with Crippen LogP contribution in [0.3, 0.4) is 0 Å². The summed E-state index contributed by atoms with van der Waals surface area (Å²) in [4.78, 5) is 28.0. The number of nitrogens with one attached hydrogen (secondary N) is 1. The summed E-state index contributed by atoms with van der Waals surface area (Å²) in [6.45, 7) is 4.75. The molecular weight excluding hydrogens is 330 g/mol. The van der Waals surface area contributed by atoms with Crippen molar-refractivity contribution >= 4 is 29.1 Å². The fraction of sp³-hybridized carbons (Fsp3) is 0.375. The molecule has 0 bridgehead atoms. The Hall–Kier alpha value is -2.41. The van der Waals surface area contributed by atoms with Gasteiger partial charge in [0.05, 0.1) is 12.2 Å². The van der Waals surface area contributed by atoms with Gasteiger partial charge in [-0.25, -0.2) is 0 Å². The zero-order chi connectivity index (χ0) is 17.3. The van der Waals surface area contributed by atoms with E-state index in [-0.39, 0.29) is 17.5 Å². The summed E-state index contributed by atoms with van der Waals surface area (Å²) in [5.41, 5.74) is 1.58. The average molecular weight is 348 g/mol. The van der Waals surface area contributed by atoms with Gasteiger partial charge in [-0.05, 0) is 44.5 Å². The van der Waals surface area contributed by atoms with Crippen LogP contribution < -0.4 is 10.2 Å². The molecule has 8 heteroatoms. The second kappa shape index (κ2) is 6.60. The number of benzene rings is 1. The topological polar surface area (TPSA) is 80.1 Å². The molecule has 0 aliphatic carbocycles. The Morgan fingerprint density at radius 2 is 2.04 bits per heavy atom. The van der Waals surface area contributed by atoms with E-state index in [0.717, 1.165) is 5.69 Å². The average Bonchev–Trinajstić information content (AvgIpc) is 3.12. The maximum Gasteiger partial charge on any atom is 0.274 e. The lowest BCUT2D eigenvalue weighted by atomic mass is 10.2. The molecule has 7 nitrogen and oxygen atoms in total. The summed E-state index contributed by atoms with van der Waals surface area (Å²) in [5, 5.41) is 11.7. The van der Waals surface area contributed by atoms with Gasteiger partial charge in [0.2, 0.25) is 5.91 Å². The molecule has 24 heavy (non-hydrogen) atoms. The Balaban J connectivity index is 1.70. The van der Waals surface area contributed by atoms with Gasteiger partial charge in [-0.1, -0.05) is 11.6 Å². The molecule has 1 fully saturated rings. The highest BCUT2D eigenvalue weighted by atomic mass is 35.5. The minimum absolute atomic E-state index is 0.133. The van der Waals surface area contributed by atoms with E-state index >= 15 is 0 Å². The summed E-state index contributed by atoms with van der Waals surface area (Å²) < 4.78 is 0. The van der Waals surface area contributed by atoms with Crippen LogP contribution in [0.25, 0.3) is 0 Å². The van der Waals surface area contributed by atoms with Crippen LogP contribution in [0.2, 0.25) is 5.02 Å². The molecule has 1 aromatic carbocycles. The molecule has 2 amide bonds. The number of carbonyl (C=O) groups excluding carboxylic acids is 2. The Bertz CT molecular complexity index is 771. The number of hydrogen-bond donors (Lipinski definition) is 1. The first kappa shape index (κ1) is 16.4. The molecule has 1 aliphatic rings. The lowest BCUT2D eigenvalue weighted by molar-refractivity contribution is -0.118. The monoisotopic (exact) mass is 347 g/mol. The Morgan fingerprint density at radius 3 is 2.67 bits per heavy atom. The van der Waals surface area contributed by atoms with Gasteiger partial charge >= 0.3 is 0 Å². The van der Waals surface area contributed by atoms with E-state index in [1.54, 1.807) is 36.1 Å². The van der Waals surface area contributed by atoms with Crippen LogP contribution in [0.4, 0.5) is 5.69 Å². The number of aromatic nitrogens is 3. The van der Waals surface area contributed by atoms with Gasteiger partial charge in [0.1, 0.15) is 6.04 Å². The van der Waals surface area contributed by atoms with Crippen LogP contribution in [0.15, 0.2) is 24.3 Å². The molecule has 1 aromatic heterocycles. The summed E-state index contributed by atoms with van der Waals surface area (Å²) in [5.74, 6) is -0.505. The van der Waals surface area contributed by atoms with Crippen molar-refractivity contribution in [1.29, 1.82) is 0 Å². The number of nitrogens with zero attached hydrogens (tertiary/aromatic N) is 4. The van der Waals surface area contributed by atoms with Crippen molar-refractivity contribution in [3.63, 3.8) is 0 Å². The Labute approximate surface area is 144 Å². The van der Waals surface area contributed by atoms with E-state index in [1.807, 2.05) is 6.92 Å². The summed E-state index contributed by atoms with van der Waals surface area (Å²) in [6, 6.07) is 6.51. The Morgan fingerprint density at radius 1 is 1.33 bits per heavy atom. The van der Waals surface area contributed by atoms with E-state index in [2.05, 4.69) is 15.5 Å². The molecule has 0 saturated carbocycles. The first-order valence-corrected chi connectivity index (χ1v) is 8.17. The van der Waals surface area contributed by atoms with Crippen LogP contribution in [0.1, 0.15) is 29.5 Å². The molecule has 2 aromatic rings. The van der Waals surface area contributed by atoms with Crippen LogP contribution in [-0.2, 0) is 11.3 Å². The fourth-order valence-corrected chi connectivity index (χ4v) is 2.83. The standard InChI is InChI=1S/C16H18ClN5O2/c1-3-22-19-10(2)14(20-22)15(23)18-13-8-9-21(16(13)24)12-6-4-11(17)5-7-12/h4-7,13H,3,8-9H2,1-2H3,(H,18,23). The van der Waals surface area contributed by atoms with Crippen LogP contribution in [-0.4, -0.2) is 39.4 Å². The fourth-order valence-electron chi connectivity index (χ4n) is 2.70. The van der Waals surface area contributed by atoms with Gasteiger partial charge < -0.3 is 10.2 Å². The first-order chi connectivity index (χ1) is 11.5. The van der Waals surface area contributed by atoms with Gasteiger partial charge in [-0.2, -0.15) is 9.90 Å². The van der Waals surface area contributed by atoms with Crippen molar-refractivity contribution in [2.75, 3.05) is 11.4 Å². The minimum atomic E-state index is -0.556. The third kappa shape index (κ3) is 3.12. The molecule has 1 unspecified atom stereocenters. The van der Waals surface area contributed by atoms with Crippen molar-refractivity contribution in [3.05, 3.63) is 40.7 Å². The quantitative estimate of drug-likeness (QED) is 0.914. The van der Waals surface area contributed by atoms with E-state index < -0.39 is 6.04 Å². The molecule has 3 rings (SSSR count). The normalized spacial score (nSPS) is 17.4. The van der Waals surface area contributed by atoms with Crippen molar-refractivity contribution in [1.82, 2.24) is 20.3 Å². The van der Waals surface area contributed by atoms with Crippen LogP contribution in [0, 0.1) is 6.92 Å². The number of rotatable bonds is 4. The molecule has 1 aliphatic heterocycles. The summed E-state index contributed by atoms with van der Waals surface area (Å²) >= 11 is 5.87. The smallest absolute Gasteiger partial charge is 0.274 e. The molecule has 1 saturated heterocycles. The number of anilines is 1. The first-order valence-electron chi connectivity index (χ1n) is 7.79. The van der Waals surface area contributed by atoms with Crippen LogP contribution in [0.5, 0.6) is 0 Å². The van der Waals surface area contributed by atoms with Gasteiger partial charge in [-0.15, -0.1) is 5.10 Å². The van der Waals surface area contributed by atoms with Crippen molar-refractivity contribution in [3.8, 4) is 0 Å². The van der Waals surface area contributed by atoms with E-state index in [0.29, 0.717) is 30.2 Å². The highest BCUT2D eigenvalue weighted by Gasteiger charge is 2.34. The second-order valence-corrected chi connectivity index (χ2v) is 6.04. The highest BCUT2D eigenvalue weighted by molar-refractivity contribution is 6.30. The van der Waals surface area contributed by atoms with E-state index in [4.69, 9.17) is 11.6 Å². The maximum absolute atomic E-state index is 12.5. The van der Waals surface area contributed by atoms with Gasteiger partial charge in [0, 0.05) is 17.3 Å². The van der Waals surface area contributed by atoms with Crippen molar-refractivity contribution in [2.45, 2.75) is 32.9 Å². The number of hydrogen-bond acceptors (Lipinski definition) is 4. The summed E-state index contributed by atoms with van der Waals surface area (Å²) in [6.07, 6.45) is 0.550. The largest absolute Gasteiger partial charge is 0.339 e. The third-order valence-electron chi connectivity index (χ3n) is 3.97. The minimum Gasteiger partial charge on any atom is -0.339 e. The predicted molar refractivity (Wildman–Crippen MR) is 90.1 cm³/mol.